The highest BCUT2D eigenvalue weighted by Crippen LogP contribution is 2.19. The molecule has 1 aromatic heterocycles. The zero-order valence-electron chi connectivity index (χ0n) is 14.9. The minimum Gasteiger partial charge on any atom is -0.351 e. The first kappa shape index (κ1) is 17.9. The van der Waals surface area contributed by atoms with E-state index < -0.39 is 0 Å². The van der Waals surface area contributed by atoms with E-state index in [-0.39, 0.29) is 11.9 Å². The number of anilines is 1. The molecular weight excluding hydrogens is 332 g/mol. The molecule has 0 bridgehead atoms. The van der Waals surface area contributed by atoms with Crippen LogP contribution in [0.5, 0.6) is 0 Å². The maximum absolute atomic E-state index is 12.5. The summed E-state index contributed by atoms with van der Waals surface area (Å²) in [7, 11) is 0. The minimum atomic E-state index is -0.110. The van der Waals surface area contributed by atoms with Crippen LogP contribution in [-0.4, -0.2) is 48.0 Å². The van der Waals surface area contributed by atoms with E-state index in [1.807, 2.05) is 18.5 Å². The van der Waals surface area contributed by atoms with Crippen molar-refractivity contribution in [2.75, 3.05) is 31.1 Å². The van der Waals surface area contributed by atoms with Crippen molar-refractivity contribution >= 4 is 22.4 Å². The molecule has 0 aliphatic carbocycles. The highest BCUT2D eigenvalue weighted by Gasteiger charge is 2.24. The van der Waals surface area contributed by atoms with Gasteiger partial charge in [0.25, 0.3) is 0 Å². The van der Waals surface area contributed by atoms with Gasteiger partial charge in [-0.15, -0.1) is 11.3 Å². The predicted molar refractivity (Wildman–Crippen MR) is 103 cm³/mol. The molecule has 0 spiro atoms. The average Bonchev–Trinajstić information content (AvgIpc) is 3.05. The molecule has 1 saturated heterocycles. The molecule has 1 aromatic carbocycles. The van der Waals surface area contributed by atoms with Crippen molar-refractivity contribution < 1.29 is 4.79 Å². The molecule has 6 heteroatoms. The molecule has 1 unspecified atom stereocenters. The van der Waals surface area contributed by atoms with E-state index in [0.717, 1.165) is 43.3 Å². The summed E-state index contributed by atoms with van der Waals surface area (Å²) in [6.45, 7) is 8.41. The average molecular weight is 359 g/mol. The number of amides is 1. The van der Waals surface area contributed by atoms with Crippen LogP contribution in [0, 0.1) is 6.92 Å². The SMILES string of the molecule is Cc1ccc(CNC(=O)C(C)N2CCCN(c3nccs3)CC2)cc1. The minimum absolute atomic E-state index is 0.100. The lowest BCUT2D eigenvalue weighted by Gasteiger charge is -2.27. The van der Waals surface area contributed by atoms with Crippen molar-refractivity contribution in [2.45, 2.75) is 32.9 Å². The van der Waals surface area contributed by atoms with Crippen LogP contribution in [-0.2, 0) is 11.3 Å². The Morgan fingerprint density at radius 2 is 2.04 bits per heavy atom. The van der Waals surface area contributed by atoms with Gasteiger partial charge in [0.05, 0.1) is 6.04 Å². The Kier molecular flexibility index (Phi) is 6.04. The molecule has 2 heterocycles. The van der Waals surface area contributed by atoms with Crippen molar-refractivity contribution in [2.24, 2.45) is 0 Å². The lowest BCUT2D eigenvalue weighted by atomic mass is 10.1. The molecule has 1 aliphatic rings. The number of aryl methyl sites for hydroxylation is 1. The lowest BCUT2D eigenvalue weighted by molar-refractivity contribution is -0.126. The van der Waals surface area contributed by atoms with Crippen LogP contribution in [0.1, 0.15) is 24.5 Å². The van der Waals surface area contributed by atoms with Gasteiger partial charge in [-0.25, -0.2) is 4.98 Å². The van der Waals surface area contributed by atoms with E-state index in [9.17, 15) is 4.79 Å². The Labute approximate surface area is 153 Å². The Balaban J connectivity index is 1.50. The van der Waals surface area contributed by atoms with Crippen LogP contribution in [0.3, 0.4) is 0 Å². The van der Waals surface area contributed by atoms with Crippen LogP contribution in [0.2, 0.25) is 0 Å². The van der Waals surface area contributed by atoms with Gasteiger partial charge in [-0.05, 0) is 25.8 Å². The molecule has 1 fully saturated rings. The smallest absolute Gasteiger partial charge is 0.237 e. The van der Waals surface area contributed by atoms with Gasteiger partial charge < -0.3 is 10.2 Å². The van der Waals surface area contributed by atoms with Crippen molar-refractivity contribution in [3.63, 3.8) is 0 Å². The normalized spacial score (nSPS) is 17.1. The fourth-order valence-electron chi connectivity index (χ4n) is 3.10. The fraction of sp³-hybridized carbons (Fsp3) is 0.474. The summed E-state index contributed by atoms with van der Waals surface area (Å²) >= 11 is 1.68. The van der Waals surface area contributed by atoms with Gasteiger partial charge in [-0.1, -0.05) is 29.8 Å². The summed E-state index contributed by atoms with van der Waals surface area (Å²) in [4.78, 5) is 21.5. The second kappa shape index (κ2) is 8.45. The maximum atomic E-state index is 12.5. The quantitative estimate of drug-likeness (QED) is 0.893. The summed E-state index contributed by atoms with van der Waals surface area (Å²) in [6, 6.07) is 8.18. The van der Waals surface area contributed by atoms with Gasteiger partial charge in [-0.3, -0.25) is 9.69 Å². The highest BCUT2D eigenvalue weighted by molar-refractivity contribution is 7.13. The molecule has 3 rings (SSSR count). The number of carbonyl (C=O) groups excluding carboxylic acids is 1. The monoisotopic (exact) mass is 358 g/mol. The van der Waals surface area contributed by atoms with Crippen LogP contribution < -0.4 is 10.2 Å². The number of nitrogens with one attached hydrogen (secondary N) is 1. The van der Waals surface area contributed by atoms with Gasteiger partial charge in [0.2, 0.25) is 5.91 Å². The van der Waals surface area contributed by atoms with E-state index in [2.05, 4.69) is 51.3 Å². The van der Waals surface area contributed by atoms with Crippen molar-refractivity contribution in [3.8, 4) is 0 Å². The molecule has 2 aromatic rings. The summed E-state index contributed by atoms with van der Waals surface area (Å²) in [6.07, 6.45) is 2.90. The third kappa shape index (κ3) is 4.80. The Morgan fingerprint density at radius 1 is 1.24 bits per heavy atom. The Bertz CT molecular complexity index is 671. The van der Waals surface area contributed by atoms with Gasteiger partial charge in [0, 0.05) is 44.3 Å². The van der Waals surface area contributed by atoms with Gasteiger partial charge in [0.1, 0.15) is 0 Å². The number of rotatable bonds is 5. The molecule has 1 N–H and O–H groups in total. The molecule has 5 nitrogen and oxygen atoms in total. The van der Waals surface area contributed by atoms with E-state index in [0.29, 0.717) is 6.54 Å². The van der Waals surface area contributed by atoms with Gasteiger partial charge in [-0.2, -0.15) is 0 Å². The molecular formula is C19H26N4OS. The Hall–Kier alpha value is -1.92. The number of hydrogen-bond donors (Lipinski definition) is 1. The fourth-order valence-corrected chi connectivity index (χ4v) is 3.79. The standard InChI is InChI=1S/C19H26N4OS/c1-15-4-6-17(7-5-15)14-21-18(24)16(2)22-9-3-10-23(12-11-22)19-20-8-13-25-19/h4-8,13,16H,3,9-12,14H2,1-2H3,(H,21,24). The van der Waals surface area contributed by atoms with Gasteiger partial charge >= 0.3 is 0 Å². The largest absolute Gasteiger partial charge is 0.351 e. The van der Waals surface area contributed by atoms with E-state index in [4.69, 9.17) is 0 Å². The molecule has 0 radical (unpaired) electrons. The third-order valence-electron chi connectivity index (χ3n) is 4.73. The van der Waals surface area contributed by atoms with Gasteiger partial charge in [0.15, 0.2) is 5.13 Å². The molecule has 1 amide bonds. The number of benzene rings is 1. The second-order valence-electron chi connectivity index (χ2n) is 6.57. The number of carbonyl (C=O) groups is 1. The van der Waals surface area contributed by atoms with Crippen molar-refractivity contribution in [1.29, 1.82) is 0 Å². The van der Waals surface area contributed by atoms with Crippen LogP contribution in [0.25, 0.3) is 0 Å². The number of nitrogens with zero attached hydrogens (tertiary/aromatic N) is 3. The third-order valence-corrected chi connectivity index (χ3v) is 5.57. The molecule has 1 atom stereocenters. The van der Waals surface area contributed by atoms with Crippen LogP contribution in [0.4, 0.5) is 5.13 Å². The first-order valence-corrected chi connectivity index (χ1v) is 9.73. The zero-order chi connectivity index (χ0) is 17.6. The number of aromatic nitrogens is 1. The summed E-state index contributed by atoms with van der Waals surface area (Å²) in [5.74, 6) is 0.100. The second-order valence-corrected chi connectivity index (χ2v) is 7.44. The first-order chi connectivity index (χ1) is 12.1. The topological polar surface area (TPSA) is 48.5 Å². The maximum Gasteiger partial charge on any atom is 0.237 e. The number of hydrogen-bond acceptors (Lipinski definition) is 5. The highest BCUT2D eigenvalue weighted by atomic mass is 32.1. The molecule has 0 saturated carbocycles. The van der Waals surface area contributed by atoms with Crippen LogP contribution >= 0.6 is 11.3 Å². The zero-order valence-corrected chi connectivity index (χ0v) is 15.8. The summed E-state index contributed by atoms with van der Waals surface area (Å²) < 4.78 is 0. The van der Waals surface area contributed by atoms with Crippen LogP contribution in [0.15, 0.2) is 35.8 Å². The van der Waals surface area contributed by atoms with E-state index in [1.54, 1.807) is 11.3 Å². The molecule has 25 heavy (non-hydrogen) atoms. The van der Waals surface area contributed by atoms with E-state index >= 15 is 0 Å². The summed E-state index contributed by atoms with van der Waals surface area (Å²) in [5.41, 5.74) is 2.37. The molecule has 1 aliphatic heterocycles. The lowest BCUT2D eigenvalue weighted by Crippen LogP contribution is -2.46. The van der Waals surface area contributed by atoms with Crippen molar-refractivity contribution in [1.82, 2.24) is 15.2 Å². The summed E-state index contributed by atoms with van der Waals surface area (Å²) in [5, 5.41) is 6.16. The predicted octanol–water partition coefficient (Wildman–Crippen LogP) is 2.67. The van der Waals surface area contributed by atoms with E-state index in [1.165, 1.54) is 5.56 Å². The molecule has 134 valence electrons. The van der Waals surface area contributed by atoms with Crippen molar-refractivity contribution in [3.05, 3.63) is 47.0 Å². The number of thiazole rings is 1. The first-order valence-electron chi connectivity index (χ1n) is 8.85. The Morgan fingerprint density at radius 3 is 2.76 bits per heavy atom.